The molecule has 0 spiro atoms. The van der Waals surface area contributed by atoms with Crippen LogP contribution >= 0.6 is 0 Å². The zero-order valence-electron chi connectivity index (χ0n) is 9.85. The Morgan fingerprint density at radius 1 is 1.47 bits per heavy atom. The third kappa shape index (κ3) is 2.72. The molecule has 0 saturated carbocycles. The Labute approximate surface area is 98.4 Å². The lowest BCUT2D eigenvalue weighted by Gasteiger charge is -2.22. The van der Waals surface area contributed by atoms with Crippen LogP contribution in [-0.2, 0) is 4.79 Å². The van der Waals surface area contributed by atoms with Crippen LogP contribution in [-0.4, -0.2) is 21.5 Å². The van der Waals surface area contributed by atoms with Crippen molar-refractivity contribution in [2.24, 2.45) is 0 Å². The Bertz CT molecular complexity index is 469. The van der Waals surface area contributed by atoms with E-state index in [1.54, 1.807) is 19.1 Å². The molecule has 6 nitrogen and oxygen atoms in total. The van der Waals surface area contributed by atoms with E-state index < -0.39 is 16.4 Å². The van der Waals surface area contributed by atoms with Gasteiger partial charge in [0.05, 0.1) is 4.92 Å². The number of rotatable bonds is 4. The lowest BCUT2D eigenvalue weighted by atomic mass is 10.0. The van der Waals surface area contributed by atoms with Gasteiger partial charge in [-0.3, -0.25) is 10.1 Å². The monoisotopic (exact) mass is 238 g/mol. The third-order valence-corrected chi connectivity index (χ3v) is 2.40. The molecule has 1 aromatic carbocycles. The molecule has 0 aromatic heterocycles. The fraction of sp³-hybridized carbons (Fsp3) is 0.364. The number of para-hydroxylation sites is 1. The number of carboxylic acids is 1. The van der Waals surface area contributed by atoms with Crippen LogP contribution < -0.4 is 5.32 Å². The van der Waals surface area contributed by atoms with Crippen molar-refractivity contribution in [3.63, 3.8) is 0 Å². The lowest BCUT2D eigenvalue weighted by molar-refractivity contribution is -0.384. The predicted octanol–water partition coefficient (Wildman–Crippen LogP) is 2.18. The molecule has 1 aromatic rings. The highest BCUT2D eigenvalue weighted by Gasteiger charge is 2.30. The van der Waals surface area contributed by atoms with Crippen molar-refractivity contribution in [1.29, 1.82) is 0 Å². The SMILES string of the molecule is Cc1cccc(NC(C)(C)C(=O)O)c1[N+](=O)[O-]. The summed E-state index contributed by atoms with van der Waals surface area (Å²) in [6.07, 6.45) is 0. The number of carboxylic acid groups (broad SMARTS) is 1. The van der Waals surface area contributed by atoms with Crippen molar-refractivity contribution in [2.75, 3.05) is 5.32 Å². The van der Waals surface area contributed by atoms with Gasteiger partial charge in [0.25, 0.3) is 5.69 Å². The summed E-state index contributed by atoms with van der Waals surface area (Å²) >= 11 is 0. The number of anilines is 1. The van der Waals surface area contributed by atoms with Gasteiger partial charge in [0.2, 0.25) is 0 Å². The van der Waals surface area contributed by atoms with Crippen molar-refractivity contribution in [3.05, 3.63) is 33.9 Å². The first-order valence-electron chi connectivity index (χ1n) is 5.01. The Kier molecular flexibility index (Phi) is 3.36. The van der Waals surface area contributed by atoms with E-state index >= 15 is 0 Å². The molecule has 1 rings (SSSR count). The van der Waals surface area contributed by atoms with Gasteiger partial charge in [0, 0.05) is 5.56 Å². The average molecular weight is 238 g/mol. The molecule has 0 heterocycles. The standard InChI is InChI=1S/C11H14N2O4/c1-7-5-4-6-8(9(7)13(16)17)12-11(2,3)10(14)15/h4-6,12H,1-3H3,(H,14,15). The normalized spacial score (nSPS) is 11.0. The molecule has 0 bridgehead atoms. The van der Waals surface area contributed by atoms with Gasteiger partial charge in [-0.25, -0.2) is 4.79 Å². The molecule has 92 valence electrons. The van der Waals surface area contributed by atoms with Crippen LogP contribution in [0.3, 0.4) is 0 Å². The van der Waals surface area contributed by atoms with E-state index in [-0.39, 0.29) is 11.4 Å². The molecule has 6 heteroatoms. The zero-order chi connectivity index (χ0) is 13.2. The Morgan fingerprint density at radius 3 is 2.53 bits per heavy atom. The van der Waals surface area contributed by atoms with E-state index in [0.29, 0.717) is 5.56 Å². The van der Waals surface area contributed by atoms with Gasteiger partial charge in [0.1, 0.15) is 11.2 Å². The molecule has 0 radical (unpaired) electrons. The number of hydrogen-bond donors (Lipinski definition) is 2. The average Bonchev–Trinajstić information content (AvgIpc) is 2.15. The molecular formula is C11H14N2O4. The fourth-order valence-electron chi connectivity index (χ4n) is 1.39. The van der Waals surface area contributed by atoms with Crippen LogP contribution in [0.2, 0.25) is 0 Å². The molecule has 0 amide bonds. The van der Waals surface area contributed by atoms with E-state index in [0.717, 1.165) is 0 Å². The van der Waals surface area contributed by atoms with Crippen LogP contribution in [0.1, 0.15) is 19.4 Å². The highest BCUT2D eigenvalue weighted by molar-refractivity contribution is 5.83. The number of aryl methyl sites for hydroxylation is 1. The molecular weight excluding hydrogens is 224 g/mol. The Hall–Kier alpha value is -2.11. The molecule has 0 aliphatic rings. The smallest absolute Gasteiger partial charge is 0.328 e. The molecule has 0 unspecified atom stereocenters. The van der Waals surface area contributed by atoms with Gasteiger partial charge in [-0.15, -0.1) is 0 Å². The van der Waals surface area contributed by atoms with E-state index in [1.165, 1.54) is 19.9 Å². The number of hydrogen-bond acceptors (Lipinski definition) is 4. The molecule has 0 saturated heterocycles. The quantitative estimate of drug-likeness (QED) is 0.619. The Morgan fingerprint density at radius 2 is 2.06 bits per heavy atom. The molecule has 0 atom stereocenters. The van der Waals surface area contributed by atoms with E-state index in [2.05, 4.69) is 5.32 Å². The largest absolute Gasteiger partial charge is 0.480 e. The zero-order valence-corrected chi connectivity index (χ0v) is 9.85. The maximum Gasteiger partial charge on any atom is 0.328 e. The van der Waals surface area contributed by atoms with Gasteiger partial charge >= 0.3 is 5.97 Å². The first-order chi connectivity index (χ1) is 7.75. The fourth-order valence-corrected chi connectivity index (χ4v) is 1.39. The van der Waals surface area contributed by atoms with Crippen molar-refractivity contribution in [1.82, 2.24) is 0 Å². The Balaban J connectivity index is 3.20. The van der Waals surface area contributed by atoms with Gasteiger partial charge < -0.3 is 10.4 Å². The van der Waals surface area contributed by atoms with Gasteiger partial charge in [-0.05, 0) is 26.8 Å². The van der Waals surface area contributed by atoms with Crippen molar-refractivity contribution in [2.45, 2.75) is 26.3 Å². The third-order valence-electron chi connectivity index (χ3n) is 2.40. The molecule has 0 aliphatic heterocycles. The topological polar surface area (TPSA) is 92.5 Å². The van der Waals surface area contributed by atoms with E-state index in [4.69, 9.17) is 5.11 Å². The maximum absolute atomic E-state index is 11.0. The number of aliphatic carboxylic acids is 1. The predicted molar refractivity (Wildman–Crippen MR) is 63.2 cm³/mol. The number of benzene rings is 1. The van der Waals surface area contributed by atoms with Gasteiger partial charge in [0.15, 0.2) is 0 Å². The van der Waals surface area contributed by atoms with Gasteiger partial charge in [-0.2, -0.15) is 0 Å². The first kappa shape index (κ1) is 13.0. The summed E-state index contributed by atoms with van der Waals surface area (Å²) < 4.78 is 0. The maximum atomic E-state index is 11.0. The molecule has 17 heavy (non-hydrogen) atoms. The minimum atomic E-state index is -1.27. The highest BCUT2D eigenvalue weighted by Crippen LogP contribution is 2.30. The summed E-state index contributed by atoms with van der Waals surface area (Å²) in [4.78, 5) is 21.4. The summed E-state index contributed by atoms with van der Waals surface area (Å²) in [5.74, 6) is -1.08. The second-order valence-electron chi connectivity index (χ2n) is 4.28. The van der Waals surface area contributed by atoms with E-state index in [1.807, 2.05) is 0 Å². The summed E-state index contributed by atoms with van der Waals surface area (Å²) in [5.41, 5.74) is -0.663. The summed E-state index contributed by atoms with van der Waals surface area (Å²) in [7, 11) is 0. The minimum Gasteiger partial charge on any atom is -0.480 e. The lowest BCUT2D eigenvalue weighted by Crippen LogP contribution is -2.40. The molecule has 2 N–H and O–H groups in total. The van der Waals surface area contributed by atoms with Crippen molar-refractivity contribution >= 4 is 17.3 Å². The second kappa shape index (κ2) is 4.40. The van der Waals surface area contributed by atoms with E-state index in [9.17, 15) is 14.9 Å². The molecule has 0 fully saturated rings. The van der Waals surface area contributed by atoms with Crippen LogP contribution in [0, 0.1) is 17.0 Å². The summed E-state index contributed by atoms with van der Waals surface area (Å²) in [6, 6.07) is 4.75. The number of carbonyl (C=O) groups is 1. The number of nitrogens with zero attached hydrogens (tertiary/aromatic N) is 1. The number of nitro groups is 1. The van der Waals surface area contributed by atoms with Crippen LogP contribution in [0.5, 0.6) is 0 Å². The van der Waals surface area contributed by atoms with Crippen LogP contribution in [0.15, 0.2) is 18.2 Å². The number of nitro benzene ring substituents is 1. The summed E-state index contributed by atoms with van der Waals surface area (Å²) in [6.45, 7) is 4.50. The van der Waals surface area contributed by atoms with Crippen LogP contribution in [0.4, 0.5) is 11.4 Å². The number of nitrogens with one attached hydrogen (secondary N) is 1. The second-order valence-corrected chi connectivity index (χ2v) is 4.28. The van der Waals surface area contributed by atoms with Gasteiger partial charge in [-0.1, -0.05) is 12.1 Å². The van der Waals surface area contributed by atoms with Crippen molar-refractivity contribution < 1.29 is 14.8 Å². The van der Waals surface area contributed by atoms with Crippen LogP contribution in [0.25, 0.3) is 0 Å². The minimum absolute atomic E-state index is 0.0955. The first-order valence-corrected chi connectivity index (χ1v) is 5.01. The van der Waals surface area contributed by atoms with Crippen molar-refractivity contribution in [3.8, 4) is 0 Å². The summed E-state index contributed by atoms with van der Waals surface area (Å²) in [5, 5.41) is 22.6. The highest BCUT2D eigenvalue weighted by atomic mass is 16.6. The molecule has 0 aliphatic carbocycles.